The third-order valence-corrected chi connectivity index (χ3v) is 2.70. The Bertz CT molecular complexity index is 591. The Kier molecular flexibility index (Phi) is 4.12. The maximum atomic E-state index is 11.3. The van der Waals surface area contributed by atoms with Crippen LogP contribution in [0.2, 0.25) is 0 Å². The Hall–Kier alpha value is -2.37. The fourth-order valence-electron chi connectivity index (χ4n) is 1.71. The lowest BCUT2D eigenvalue weighted by atomic mass is 10.1. The van der Waals surface area contributed by atoms with E-state index in [0.29, 0.717) is 13.0 Å². The predicted octanol–water partition coefficient (Wildman–Crippen LogP) is 1.35. The van der Waals surface area contributed by atoms with Crippen molar-refractivity contribution in [2.45, 2.75) is 19.3 Å². The average molecular weight is 262 g/mol. The van der Waals surface area contributed by atoms with Crippen LogP contribution in [0.25, 0.3) is 11.1 Å². The van der Waals surface area contributed by atoms with E-state index in [-0.39, 0.29) is 18.7 Å². The van der Waals surface area contributed by atoms with Crippen LogP contribution in [-0.2, 0) is 16.0 Å². The summed E-state index contributed by atoms with van der Waals surface area (Å²) >= 11 is 0. The maximum absolute atomic E-state index is 11.3. The van der Waals surface area contributed by atoms with Crippen LogP contribution in [-0.4, -0.2) is 28.5 Å². The summed E-state index contributed by atoms with van der Waals surface area (Å²) in [4.78, 5) is 25.6. The van der Waals surface area contributed by atoms with E-state index in [9.17, 15) is 9.59 Å². The molecule has 1 heterocycles. The second-order valence-electron chi connectivity index (χ2n) is 4.15. The van der Waals surface area contributed by atoms with Crippen LogP contribution in [0.5, 0.6) is 0 Å². The molecule has 0 aliphatic heterocycles. The number of carboxylic acids is 1. The molecule has 0 atom stereocenters. The van der Waals surface area contributed by atoms with Gasteiger partial charge in [-0.15, -0.1) is 0 Å². The maximum Gasteiger partial charge on any atom is 0.303 e. The number of oxazole rings is 1. The van der Waals surface area contributed by atoms with Gasteiger partial charge in [-0.25, -0.2) is 4.98 Å². The number of aliphatic carboxylic acids is 1. The van der Waals surface area contributed by atoms with Gasteiger partial charge in [0.05, 0.1) is 6.42 Å². The first-order valence-electron chi connectivity index (χ1n) is 5.96. The molecule has 0 aliphatic carbocycles. The molecule has 6 heteroatoms. The van der Waals surface area contributed by atoms with Gasteiger partial charge in [-0.05, 0) is 24.1 Å². The van der Waals surface area contributed by atoms with Crippen molar-refractivity contribution in [3.05, 3.63) is 30.2 Å². The largest absolute Gasteiger partial charge is 0.481 e. The monoisotopic (exact) mass is 262 g/mol. The summed E-state index contributed by atoms with van der Waals surface area (Å²) in [5, 5.41) is 11.1. The highest BCUT2D eigenvalue weighted by atomic mass is 16.4. The summed E-state index contributed by atoms with van der Waals surface area (Å²) in [6.07, 6.45) is 1.92. The summed E-state index contributed by atoms with van der Waals surface area (Å²) in [6, 6.07) is 5.67. The minimum absolute atomic E-state index is 0.0104. The Balaban J connectivity index is 1.78. The van der Waals surface area contributed by atoms with E-state index in [1.54, 1.807) is 0 Å². The summed E-state index contributed by atoms with van der Waals surface area (Å²) in [6.45, 7) is 0.470. The van der Waals surface area contributed by atoms with E-state index in [0.717, 1.165) is 16.7 Å². The van der Waals surface area contributed by atoms with Crippen LogP contribution in [0.3, 0.4) is 0 Å². The van der Waals surface area contributed by atoms with Gasteiger partial charge in [0.15, 0.2) is 12.0 Å². The smallest absolute Gasteiger partial charge is 0.303 e. The van der Waals surface area contributed by atoms with Crippen molar-refractivity contribution in [2.24, 2.45) is 0 Å². The SMILES string of the molecule is O=C(O)CCC(=O)NCCc1ccc2ncoc2c1. The quantitative estimate of drug-likeness (QED) is 0.819. The zero-order valence-electron chi connectivity index (χ0n) is 10.3. The number of hydrogen-bond donors (Lipinski definition) is 2. The standard InChI is InChI=1S/C13H14N2O4/c16-12(3-4-13(17)18)14-6-5-9-1-2-10-11(7-9)19-8-15-10/h1-2,7-8H,3-6H2,(H,14,16)(H,17,18). The summed E-state index contributed by atoms with van der Waals surface area (Å²) in [5.41, 5.74) is 2.55. The number of nitrogens with one attached hydrogen (secondary N) is 1. The van der Waals surface area contributed by atoms with Crippen LogP contribution in [0.1, 0.15) is 18.4 Å². The topological polar surface area (TPSA) is 92.4 Å². The molecule has 100 valence electrons. The molecule has 19 heavy (non-hydrogen) atoms. The van der Waals surface area contributed by atoms with E-state index >= 15 is 0 Å². The minimum Gasteiger partial charge on any atom is -0.481 e. The lowest BCUT2D eigenvalue weighted by Crippen LogP contribution is -2.25. The van der Waals surface area contributed by atoms with Gasteiger partial charge in [0.2, 0.25) is 5.91 Å². The Morgan fingerprint density at radius 3 is 2.95 bits per heavy atom. The predicted molar refractivity (Wildman–Crippen MR) is 67.6 cm³/mol. The van der Waals surface area contributed by atoms with Crippen LogP contribution >= 0.6 is 0 Å². The van der Waals surface area contributed by atoms with Gasteiger partial charge in [-0.1, -0.05) is 6.07 Å². The van der Waals surface area contributed by atoms with Gasteiger partial charge in [-0.2, -0.15) is 0 Å². The molecule has 0 bridgehead atoms. The third-order valence-electron chi connectivity index (χ3n) is 2.70. The highest BCUT2D eigenvalue weighted by Crippen LogP contribution is 2.14. The number of carbonyl (C=O) groups is 2. The molecule has 2 N–H and O–H groups in total. The number of carbonyl (C=O) groups excluding carboxylic acids is 1. The molecule has 0 fully saturated rings. The molecular formula is C13H14N2O4. The van der Waals surface area contributed by atoms with Gasteiger partial charge < -0.3 is 14.8 Å². The zero-order valence-corrected chi connectivity index (χ0v) is 10.3. The first kappa shape index (κ1) is 13.1. The molecule has 2 rings (SSSR count). The molecule has 1 aromatic carbocycles. The number of benzene rings is 1. The first-order valence-corrected chi connectivity index (χ1v) is 5.96. The van der Waals surface area contributed by atoms with Crippen LogP contribution in [0.15, 0.2) is 29.0 Å². The molecule has 1 amide bonds. The van der Waals surface area contributed by atoms with Crippen LogP contribution < -0.4 is 5.32 Å². The molecule has 6 nitrogen and oxygen atoms in total. The van der Waals surface area contributed by atoms with Crippen molar-refractivity contribution in [2.75, 3.05) is 6.54 Å². The van der Waals surface area contributed by atoms with Gasteiger partial charge in [0.1, 0.15) is 5.52 Å². The number of amides is 1. The molecule has 0 saturated carbocycles. The second kappa shape index (κ2) is 5.99. The van der Waals surface area contributed by atoms with Gasteiger partial charge in [0, 0.05) is 13.0 Å². The zero-order chi connectivity index (χ0) is 13.7. The second-order valence-corrected chi connectivity index (χ2v) is 4.15. The number of nitrogens with zero attached hydrogens (tertiary/aromatic N) is 1. The van der Waals surface area contributed by atoms with E-state index < -0.39 is 5.97 Å². The molecule has 2 aromatic rings. The van der Waals surface area contributed by atoms with Crippen molar-refractivity contribution in [1.29, 1.82) is 0 Å². The highest BCUT2D eigenvalue weighted by molar-refractivity contribution is 5.80. The van der Waals surface area contributed by atoms with Gasteiger partial charge in [0.25, 0.3) is 0 Å². The molecule has 1 aromatic heterocycles. The molecular weight excluding hydrogens is 248 g/mol. The third kappa shape index (κ3) is 3.80. The average Bonchev–Trinajstić information content (AvgIpc) is 2.83. The molecule has 0 spiro atoms. The Morgan fingerprint density at radius 1 is 1.32 bits per heavy atom. The van der Waals surface area contributed by atoms with E-state index in [1.165, 1.54) is 6.39 Å². The molecule has 0 aliphatic rings. The molecule has 0 unspecified atom stereocenters. The molecule has 0 radical (unpaired) electrons. The highest BCUT2D eigenvalue weighted by Gasteiger charge is 2.05. The number of hydrogen-bond acceptors (Lipinski definition) is 4. The Labute approximate surface area is 109 Å². The van der Waals surface area contributed by atoms with E-state index in [2.05, 4.69) is 10.3 Å². The lowest BCUT2D eigenvalue weighted by molar-refractivity contribution is -0.138. The fraction of sp³-hybridized carbons (Fsp3) is 0.308. The normalized spacial score (nSPS) is 10.5. The summed E-state index contributed by atoms with van der Waals surface area (Å²) < 4.78 is 5.19. The van der Waals surface area contributed by atoms with E-state index in [4.69, 9.17) is 9.52 Å². The Morgan fingerprint density at radius 2 is 2.16 bits per heavy atom. The van der Waals surface area contributed by atoms with Crippen molar-refractivity contribution in [3.63, 3.8) is 0 Å². The van der Waals surface area contributed by atoms with Crippen molar-refractivity contribution >= 4 is 23.0 Å². The summed E-state index contributed by atoms with van der Waals surface area (Å²) in [7, 11) is 0. The lowest BCUT2D eigenvalue weighted by Gasteiger charge is -2.04. The number of aromatic nitrogens is 1. The fourth-order valence-corrected chi connectivity index (χ4v) is 1.71. The first-order chi connectivity index (χ1) is 9.15. The summed E-state index contributed by atoms with van der Waals surface area (Å²) in [5.74, 6) is -1.21. The number of fused-ring (bicyclic) bond motifs is 1. The molecule has 0 saturated heterocycles. The number of rotatable bonds is 6. The van der Waals surface area contributed by atoms with Gasteiger partial charge >= 0.3 is 5.97 Å². The van der Waals surface area contributed by atoms with Crippen LogP contribution in [0.4, 0.5) is 0 Å². The minimum atomic E-state index is -0.967. The van der Waals surface area contributed by atoms with Crippen molar-refractivity contribution in [1.82, 2.24) is 10.3 Å². The van der Waals surface area contributed by atoms with Gasteiger partial charge in [-0.3, -0.25) is 9.59 Å². The van der Waals surface area contributed by atoms with Crippen molar-refractivity contribution in [3.8, 4) is 0 Å². The number of carboxylic acid groups (broad SMARTS) is 1. The van der Waals surface area contributed by atoms with E-state index in [1.807, 2.05) is 18.2 Å². The van der Waals surface area contributed by atoms with Crippen LogP contribution in [0, 0.1) is 0 Å². The van der Waals surface area contributed by atoms with Crippen molar-refractivity contribution < 1.29 is 19.1 Å².